The minimum absolute atomic E-state index is 0.126. The molecule has 0 unspecified atom stereocenters. The van der Waals surface area contributed by atoms with Gasteiger partial charge in [-0.1, -0.05) is 55.6 Å². The van der Waals surface area contributed by atoms with Crippen molar-refractivity contribution in [1.82, 2.24) is 5.43 Å². The topological polar surface area (TPSA) is 41.5 Å². The molecular formula is C18H18Br2N2O. The Balaban J connectivity index is 1.99. The lowest BCUT2D eigenvalue weighted by Crippen LogP contribution is -2.20. The first-order chi connectivity index (χ1) is 10.9. The van der Waals surface area contributed by atoms with Crippen molar-refractivity contribution in [3.8, 4) is 0 Å². The van der Waals surface area contributed by atoms with Gasteiger partial charge in [-0.15, -0.1) is 0 Å². The molecule has 0 aliphatic heterocycles. The lowest BCUT2D eigenvalue weighted by molar-refractivity contribution is -0.120. The summed E-state index contributed by atoms with van der Waals surface area (Å²) < 4.78 is 1.99. The first kappa shape index (κ1) is 17.9. The number of benzene rings is 2. The Hall–Kier alpha value is -1.46. The second-order valence-electron chi connectivity index (χ2n) is 5.51. The van der Waals surface area contributed by atoms with Crippen LogP contribution in [0.15, 0.2) is 44.4 Å². The van der Waals surface area contributed by atoms with E-state index < -0.39 is 0 Å². The Kier molecular flexibility index (Phi) is 6.13. The largest absolute Gasteiger partial charge is 0.273 e. The highest BCUT2D eigenvalue weighted by molar-refractivity contribution is 9.11. The summed E-state index contributed by atoms with van der Waals surface area (Å²) in [4.78, 5) is 12.0. The molecule has 1 N–H and O–H groups in total. The van der Waals surface area contributed by atoms with Gasteiger partial charge in [0.1, 0.15) is 0 Å². The van der Waals surface area contributed by atoms with Gasteiger partial charge in [-0.2, -0.15) is 5.10 Å². The number of carbonyl (C=O) groups excluding carboxylic acids is 1. The van der Waals surface area contributed by atoms with Crippen molar-refractivity contribution in [2.75, 3.05) is 0 Å². The van der Waals surface area contributed by atoms with Crippen molar-refractivity contribution >= 4 is 44.0 Å². The van der Waals surface area contributed by atoms with Crippen LogP contribution >= 0.6 is 31.9 Å². The highest BCUT2D eigenvalue weighted by atomic mass is 79.9. The maximum absolute atomic E-state index is 12.0. The number of aryl methyl sites for hydroxylation is 2. The standard InChI is InChI=1S/C18H18Br2N2O/c1-11-4-5-15(12(2)6-11)9-18(23)22-21-10-14-7-16(19)13(3)17(20)8-14/h4-8,10H,9H2,1-3H3,(H,22,23)/b21-10+. The Labute approximate surface area is 153 Å². The maximum Gasteiger partial charge on any atom is 0.244 e. The van der Waals surface area contributed by atoms with Gasteiger partial charge in [0, 0.05) is 8.95 Å². The first-order valence-electron chi connectivity index (χ1n) is 7.20. The minimum Gasteiger partial charge on any atom is -0.273 e. The van der Waals surface area contributed by atoms with Crippen molar-refractivity contribution in [2.24, 2.45) is 5.10 Å². The number of amides is 1. The van der Waals surface area contributed by atoms with E-state index in [9.17, 15) is 4.79 Å². The van der Waals surface area contributed by atoms with E-state index >= 15 is 0 Å². The number of hydrogen-bond donors (Lipinski definition) is 1. The summed E-state index contributed by atoms with van der Waals surface area (Å²) >= 11 is 6.99. The van der Waals surface area contributed by atoms with Crippen LogP contribution in [0.25, 0.3) is 0 Å². The van der Waals surface area contributed by atoms with Gasteiger partial charge in [0.2, 0.25) is 5.91 Å². The number of hydrazone groups is 1. The lowest BCUT2D eigenvalue weighted by Gasteiger charge is -2.06. The van der Waals surface area contributed by atoms with Gasteiger partial charge in [-0.3, -0.25) is 4.79 Å². The van der Waals surface area contributed by atoms with Crippen LogP contribution < -0.4 is 5.43 Å². The summed E-state index contributed by atoms with van der Waals surface area (Å²) in [6, 6.07) is 10.00. The number of rotatable bonds is 4. The number of carbonyl (C=O) groups is 1. The van der Waals surface area contributed by atoms with E-state index in [4.69, 9.17) is 0 Å². The molecule has 0 spiro atoms. The Morgan fingerprint density at radius 3 is 2.39 bits per heavy atom. The van der Waals surface area contributed by atoms with Crippen LogP contribution in [0.2, 0.25) is 0 Å². The van der Waals surface area contributed by atoms with Crippen molar-refractivity contribution in [3.63, 3.8) is 0 Å². The average Bonchev–Trinajstić information content (AvgIpc) is 2.47. The highest BCUT2D eigenvalue weighted by Crippen LogP contribution is 2.25. The van der Waals surface area contributed by atoms with E-state index in [1.165, 1.54) is 5.56 Å². The van der Waals surface area contributed by atoms with Crippen molar-refractivity contribution in [2.45, 2.75) is 27.2 Å². The average molecular weight is 438 g/mol. The third-order valence-electron chi connectivity index (χ3n) is 3.56. The van der Waals surface area contributed by atoms with Gasteiger partial charge in [-0.25, -0.2) is 5.43 Å². The molecule has 0 atom stereocenters. The van der Waals surface area contributed by atoms with Gasteiger partial charge < -0.3 is 0 Å². The fraction of sp³-hybridized carbons (Fsp3) is 0.222. The molecule has 3 nitrogen and oxygen atoms in total. The lowest BCUT2D eigenvalue weighted by atomic mass is 10.0. The van der Waals surface area contributed by atoms with E-state index in [-0.39, 0.29) is 5.91 Å². The Morgan fingerprint density at radius 1 is 1.13 bits per heavy atom. The van der Waals surface area contributed by atoms with E-state index in [0.29, 0.717) is 6.42 Å². The molecule has 0 aliphatic carbocycles. The number of nitrogens with zero attached hydrogens (tertiary/aromatic N) is 1. The van der Waals surface area contributed by atoms with Crippen LogP contribution in [0.1, 0.15) is 27.8 Å². The molecule has 0 heterocycles. The molecule has 0 bridgehead atoms. The smallest absolute Gasteiger partial charge is 0.244 e. The molecule has 2 rings (SSSR count). The van der Waals surface area contributed by atoms with Crippen LogP contribution in [0.4, 0.5) is 0 Å². The number of nitrogens with one attached hydrogen (secondary N) is 1. The van der Waals surface area contributed by atoms with Gasteiger partial charge in [-0.05, 0) is 55.2 Å². The van der Waals surface area contributed by atoms with Crippen LogP contribution in [-0.2, 0) is 11.2 Å². The molecule has 23 heavy (non-hydrogen) atoms. The molecule has 0 aliphatic rings. The molecule has 5 heteroatoms. The summed E-state index contributed by atoms with van der Waals surface area (Å²) in [5, 5.41) is 4.03. The summed E-state index contributed by atoms with van der Waals surface area (Å²) in [7, 11) is 0. The molecule has 0 saturated heterocycles. The predicted molar refractivity (Wildman–Crippen MR) is 102 cm³/mol. The monoisotopic (exact) mass is 436 g/mol. The second kappa shape index (κ2) is 7.88. The quantitative estimate of drug-likeness (QED) is 0.540. The zero-order chi connectivity index (χ0) is 17.0. The molecule has 0 fully saturated rings. The van der Waals surface area contributed by atoms with E-state index in [0.717, 1.165) is 31.2 Å². The molecule has 120 valence electrons. The highest BCUT2D eigenvalue weighted by Gasteiger charge is 2.05. The molecule has 0 saturated carbocycles. The summed E-state index contributed by atoms with van der Waals surface area (Å²) in [5.41, 5.74) is 7.94. The van der Waals surface area contributed by atoms with Gasteiger partial charge in [0.15, 0.2) is 0 Å². The van der Waals surface area contributed by atoms with Crippen LogP contribution in [0, 0.1) is 20.8 Å². The van der Waals surface area contributed by atoms with E-state index in [1.807, 2.05) is 45.0 Å². The molecule has 0 aromatic heterocycles. The number of halogens is 2. The third kappa shape index (κ3) is 5.01. The molecule has 2 aromatic rings. The van der Waals surface area contributed by atoms with Crippen LogP contribution in [-0.4, -0.2) is 12.1 Å². The fourth-order valence-electron chi connectivity index (χ4n) is 2.17. The van der Waals surface area contributed by atoms with Crippen molar-refractivity contribution in [1.29, 1.82) is 0 Å². The molecule has 2 aromatic carbocycles. The second-order valence-corrected chi connectivity index (χ2v) is 7.22. The Bertz CT molecular complexity index is 747. The van der Waals surface area contributed by atoms with Crippen molar-refractivity contribution in [3.05, 3.63) is 67.1 Å². The summed E-state index contributed by atoms with van der Waals surface area (Å²) in [6.45, 7) is 6.07. The summed E-state index contributed by atoms with van der Waals surface area (Å²) in [5.74, 6) is -0.126. The van der Waals surface area contributed by atoms with Gasteiger partial charge >= 0.3 is 0 Å². The predicted octanol–water partition coefficient (Wildman–Crippen LogP) is 4.83. The molecule has 1 amide bonds. The Morgan fingerprint density at radius 2 is 1.78 bits per heavy atom. The molecule has 0 radical (unpaired) electrons. The minimum atomic E-state index is -0.126. The van der Waals surface area contributed by atoms with Gasteiger partial charge in [0.25, 0.3) is 0 Å². The third-order valence-corrected chi connectivity index (χ3v) is 5.20. The number of hydrogen-bond acceptors (Lipinski definition) is 2. The first-order valence-corrected chi connectivity index (χ1v) is 8.79. The molecular weight excluding hydrogens is 420 g/mol. The fourth-order valence-corrected chi connectivity index (χ4v) is 3.40. The van der Waals surface area contributed by atoms with Crippen molar-refractivity contribution < 1.29 is 4.79 Å². The zero-order valence-corrected chi connectivity index (χ0v) is 16.5. The summed E-state index contributed by atoms with van der Waals surface area (Å²) in [6.07, 6.45) is 1.96. The maximum atomic E-state index is 12.0. The zero-order valence-electron chi connectivity index (χ0n) is 13.3. The van der Waals surface area contributed by atoms with Gasteiger partial charge in [0.05, 0.1) is 12.6 Å². The van der Waals surface area contributed by atoms with E-state index in [1.54, 1.807) is 6.21 Å². The van der Waals surface area contributed by atoms with Crippen LogP contribution in [0.3, 0.4) is 0 Å². The SMILES string of the molecule is Cc1ccc(CC(=O)N/N=C/c2cc(Br)c(C)c(Br)c2)c(C)c1. The van der Waals surface area contributed by atoms with Crippen LogP contribution in [0.5, 0.6) is 0 Å². The van der Waals surface area contributed by atoms with E-state index in [2.05, 4.69) is 48.5 Å². The normalized spacial score (nSPS) is 11.0.